The molecule has 16 heavy (non-hydrogen) atoms. The number of rotatable bonds is 6. The van der Waals surface area contributed by atoms with Gasteiger partial charge in [-0.15, -0.1) is 0 Å². The van der Waals surface area contributed by atoms with Gasteiger partial charge in [-0.05, 0) is 31.0 Å². The quantitative estimate of drug-likeness (QED) is 0.747. The maximum absolute atomic E-state index is 10.8. The SMILES string of the molecule is CCOc1ccc(CCC(=O)O)cc1C=O. The summed E-state index contributed by atoms with van der Waals surface area (Å²) in [4.78, 5) is 21.2. The first-order valence-corrected chi connectivity index (χ1v) is 5.10. The van der Waals surface area contributed by atoms with E-state index in [2.05, 4.69) is 0 Å². The highest BCUT2D eigenvalue weighted by Crippen LogP contribution is 2.19. The van der Waals surface area contributed by atoms with Gasteiger partial charge in [-0.2, -0.15) is 0 Å². The molecule has 0 amide bonds. The van der Waals surface area contributed by atoms with Crippen molar-refractivity contribution in [2.24, 2.45) is 0 Å². The Morgan fingerprint density at radius 2 is 2.25 bits per heavy atom. The molecule has 0 spiro atoms. The Morgan fingerprint density at radius 1 is 1.50 bits per heavy atom. The van der Waals surface area contributed by atoms with Gasteiger partial charge in [0.05, 0.1) is 12.2 Å². The Kier molecular flexibility index (Phi) is 4.51. The lowest BCUT2D eigenvalue weighted by atomic mass is 10.1. The number of aryl methyl sites for hydroxylation is 1. The van der Waals surface area contributed by atoms with Crippen LogP contribution < -0.4 is 4.74 Å². The maximum Gasteiger partial charge on any atom is 0.303 e. The molecule has 1 aromatic carbocycles. The molecule has 0 fully saturated rings. The number of carbonyl (C=O) groups excluding carboxylic acids is 1. The average molecular weight is 222 g/mol. The van der Waals surface area contributed by atoms with Gasteiger partial charge < -0.3 is 9.84 Å². The highest BCUT2D eigenvalue weighted by molar-refractivity contribution is 5.79. The first-order valence-electron chi connectivity index (χ1n) is 5.10. The number of hydrogen-bond donors (Lipinski definition) is 1. The summed E-state index contributed by atoms with van der Waals surface area (Å²) in [6, 6.07) is 5.15. The van der Waals surface area contributed by atoms with Crippen LogP contribution in [0.5, 0.6) is 5.75 Å². The summed E-state index contributed by atoms with van der Waals surface area (Å²) in [5, 5.41) is 8.55. The standard InChI is InChI=1S/C12H14O4/c1-2-16-11-5-3-9(4-6-12(14)15)7-10(11)8-13/h3,5,7-8H,2,4,6H2,1H3,(H,14,15). The van der Waals surface area contributed by atoms with Crippen molar-refractivity contribution in [3.63, 3.8) is 0 Å². The van der Waals surface area contributed by atoms with E-state index in [4.69, 9.17) is 9.84 Å². The number of carboxylic acid groups (broad SMARTS) is 1. The predicted molar refractivity (Wildman–Crippen MR) is 59.0 cm³/mol. The molecule has 1 N–H and O–H groups in total. The fourth-order valence-electron chi connectivity index (χ4n) is 1.38. The summed E-state index contributed by atoms with van der Waals surface area (Å²) in [6.45, 7) is 2.34. The lowest BCUT2D eigenvalue weighted by Gasteiger charge is -2.07. The number of carboxylic acids is 1. The van der Waals surface area contributed by atoms with Crippen LogP contribution in [0.25, 0.3) is 0 Å². The van der Waals surface area contributed by atoms with Crippen LogP contribution in [0, 0.1) is 0 Å². The van der Waals surface area contributed by atoms with E-state index in [1.54, 1.807) is 18.2 Å². The molecule has 0 unspecified atom stereocenters. The number of aliphatic carboxylic acids is 1. The van der Waals surface area contributed by atoms with Crippen LogP contribution in [-0.4, -0.2) is 24.0 Å². The van der Waals surface area contributed by atoms with E-state index in [0.29, 0.717) is 24.3 Å². The van der Waals surface area contributed by atoms with Gasteiger partial charge in [0.1, 0.15) is 5.75 Å². The maximum atomic E-state index is 10.8. The summed E-state index contributed by atoms with van der Waals surface area (Å²) >= 11 is 0. The molecule has 0 bridgehead atoms. The van der Waals surface area contributed by atoms with Gasteiger partial charge in [-0.25, -0.2) is 0 Å². The third-order valence-electron chi connectivity index (χ3n) is 2.13. The normalized spacial score (nSPS) is 9.81. The monoisotopic (exact) mass is 222 g/mol. The van der Waals surface area contributed by atoms with E-state index in [1.165, 1.54) is 0 Å². The number of hydrogen-bond acceptors (Lipinski definition) is 3. The number of aldehydes is 1. The smallest absolute Gasteiger partial charge is 0.303 e. The van der Waals surface area contributed by atoms with Crippen molar-refractivity contribution in [1.29, 1.82) is 0 Å². The van der Waals surface area contributed by atoms with Crippen LogP contribution in [0.2, 0.25) is 0 Å². The molecule has 0 aliphatic heterocycles. The topological polar surface area (TPSA) is 63.6 Å². The molecule has 0 aliphatic carbocycles. The Bertz CT molecular complexity index is 385. The van der Waals surface area contributed by atoms with Crippen molar-refractivity contribution in [2.75, 3.05) is 6.61 Å². The molecule has 4 nitrogen and oxygen atoms in total. The number of carbonyl (C=O) groups is 2. The molecule has 0 atom stereocenters. The predicted octanol–water partition coefficient (Wildman–Crippen LogP) is 1.91. The zero-order valence-corrected chi connectivity index (χ0v) is 9.10. The second-order valence-corrected chi connectivity index (χ2v) is 3.32. The van der Waals surface area contributed by atoms with Crippen molar-refractivity contribution in [1.82, 2.24) is 0 Å². The molecular formula is C12H14O4. The Balaban J connectivity index is 2.81. The van der Waals surface area contributed by atoms with Gasteiger partial charge in [0.2, 0.25) is 0 Å². The lowest BCUT2D eigenvalue weighted by Crippen LogP contribution is -2.00. The fraction of sp³-hybridized carbons (Fsp3) is 0.333. The van der Waals surface area contributed by atoms with Gasteiger partial charge >= 0.3 is 5.97 Å². The van der Waals surface area contributed by atoms with E-state index in [-0.39, 0.29) is 6.42 Å². The summed E-state index contributed by atoms with van der Waals surface area (Å²) in [5.41, 5.74) is 1.29. The second kappa shape index (κ2) is 5.90. The molecule has 0 aromatic heterocycles. The summed E-state index contributed by atoms with van der Waals surface area (Å²) in [6.07, 6.45) is 1.20. The zero-order chi connectivity index (χ0) is 12.0. The van der Waals surface area contributed by atoms with E-state index < -0.39 is 5.97 Å². The largest absolute Gasteiger partial charge is 0.493 e. The Hall–Kier alpha value is -1.84. The molecule has 0 saturated carbocycles. The summed E-state index contributed by atoms with van der Waals surface area (Å²) in [7, 11) is 0. The zero-order valence-electron chi connectivity index (χ0n) is 9.10. The van der Waals surface area contributed by atoms with Crippen LogP contribution in [0.1, 0.15) is 29.3 Å². The summed E-state index contributed by atoms with van der Waals surface area (Å²) < 4.78 is 5.26. The lowest BCUT2D eigenvalue weighted by molar-refractivity contribution is -0.136. The van der Waals surface area contributed by atoms with Crippen LogP contribution in [0.4, 0.5) is 0 Å². The average Bonchev–Trinajstić information content (AvgIpc) is 2.28. The van der Waals surface area contributed by atoms with Gasteiger partial charge in [0.25, 0.3) is 0 Å². The minimum absolute atomic E-state index is 0.0618. The van der Waals surface area contributed by atoms with Crippen LogP contribution in [0.3, 0.4) is 0 Å². The van der Waals surface area contributed by atoms with Crippen molar-refractivity contribution in [3.8, 4) is 5.75 Å². The Morgan fingerprint density at radius 3 is 2.81 bits per heavy atom. The van der Waals surface area contributed by atoms with E-state index >= 15 is 0 Å². The van der Waals surface area contributed by atoms with E-state index in [1.807, 2.05) is 6.92 Å². The molecular weight excluding hydrogens is 208 g/mol. The molecule has 86 valence electrons. The van der Waals surface area contributed by atoms with Crippen molar-refractivity contribution < 1.29 is 19.4 Å². The molecule has 1 aromatic rings. The second-order valence-electron chi connectivity index (χ2n) is 3.32. The van der Waals surface area contributed by atoms with E-state index in [9.17, 15) is 9.59 Å². The van der Waals surface area contributed by atoms with Crippen LogP contribution in [-0.2, 0) is 11.2 Å². The minimum Gasteiger partial charge on any atom is -0.493 e. The first-order chi connectivity index (χ1) is 7.67. The van der Waals surface area contributed by atoms with Gasteiger partial charge in [0, 0.05) is 6.42 Å². The molecule has 0 heterocycles. The van der Waals surface area contributed by atoms with Crippen molar-refractivity contribution in [2.45, 2.75) is 19.8 Å². The highest BCUT2D eigenvalue weighted by atomic mass is 16.5. The molecule has 4 heteroatoms. The summed E-state index contributed by atoms with van der Waals surface area (Å²) in [5.74, 6) is -0.307. The Labute approximate surface area is 93.9 Å². The highest BCUT2D eigenvalue weighted by Gasteiger charge is 2.05. The van der Waals surface area contributed by atoms with Gasteiger partial charge in [0.15, 0.2) is 6.29 Å². The first kappa shape index (κ1) is 12.2. The third-order valence-corrected chi connectivity index (χ3v) is 2.13. The minimum atomic E-state index is -0.846. The molecule has 0 aliphatic rings. The van der Waals surface area contributed by atoms with Gasteiger partial charge in [-0.3, -0.25) is 9.59 Å². The van der Waals surface area contributed by atoms with Crippen molar-refractivity contribution >= 4 is 12.3 Å². The number of benzene rings is 1. The van der Waals surface area contributed by atoms with Crippen LogP contribution in [0.15, 0.2) is 18.2 Å². The molecule has 0 saturated heterocycles. The molecule has 1 rings (SSSR count). The van der Waals surface area contributed by atoms with Gasteiger partial charge in [-0.1, -0.05) is 6.07 Å². The van der Waals surface area contributed by atoms with Crippen LogP contribution >= 0.6 is 0 Å². The fourth-order valence-corrected chi connectivity index (χ4v) is 1.38. The van der Waals surface area contributed by atoms with E-state index in [0.717, 1.165) is 11.8 Å². The third kappa shape index (κ3) is 3.38. The van der Waals surface area contributed by atoms with Crippen molar-refractivity contribution in [3.05, 3.63) is 29.3 Å². The number of ether oxygens (including phenoxy) is 1. The molecule has 0 radical (unpaired) electrons.